The van der Waals surface area contributed by atoms with Crippen LogP contribution in [0.15, 0.2) is 18.2 Å². The number of hydrogen-bond donors (Lipinski definition) is 2. The molecule has 0 aliphatic heterocycles. The third-order valence-corrected chi connectivity index (χ3v) is 3.45. The van der Waals surface area contributed by atoms with E-state index in [2.05, 4.69) is 0 Å². The Bertz CT molecular complexity index is 502. The average molecular weight is 281 g/mol. The van der Waals surface area contributed by atoms with E-state index in [1.54, 1.807) is 11.9 Å². The maximum atomic E-state index is 11.3. The van der Waals surface area contributed by atoms with Crippen LogP contribution in [0.25, 0.3) is 0 Å². The molecule has 2 N–H and O–H groups in total. The second-order valence-corrected chi connectivity index (χ2v) is 4.92. The minimum Gasteiger partial charge on any atom is -0.481 e. The van der Waals surface area contributed by atoms with Gasteiger partial charge in [-0.2, -0.15) is 0 Å². The maximum absolute atomic E-state index is 11.3. The molecule has 1 atom stereocenters. The SMILES string of the molecule is Cc1cccc(CN(C)C(CCC(=O)O)C(=O)O)[n+]1C. The number of aryl methyl sites for hydroxylation is 1. The monoisotopic (exact) mass is 281 g/mol. The molecular formula is C14H21N2O4+. The van der Waals surface area contributed by atoms with Crippen LogP contribution < -0.4 is 4.57 Å². The molecule has 20 heavy (non-hydrogen) atoms. The van der Waals surface area contributed by atoms with Crippen molar-refractivity contribution in [2.75, 3.05) is 7.05 Å². The third-order valence-electron chi connectivity index (χ3n) is 3.45. The summed E-state index contributed by atoms with van der Waals surface area (Å²) in [6.07, 6.45) is -0.0576. The zero-order valence-corrected chi connectivity index (χ0v) is 12.0. The first-order valence-corrected chi connectivity index (χ1v) is 6.42. The summed E-state index contributed by atoms with van der Waals surface area (Å²) in [6, 6.07) is 5.03. The second kappa shape index (κ2) is 7.00. The summed E-state index contributed by atoms with van der Waals surface area (Å²) in [5.41, 5.74) is 2.06. The van der Waals surface area contributed by atoms with Crippen molar-refractivity contribution in [3.05, 3.63) is 29.6 Å². The molecule has 0 aliphatic carbocycles. The Hall–Kier alpha value is -1.95. The molecule has 0 saturated carbocycles. The molecule has 0 aromatic carbocycles. The number of aromatic nitrogens is 1. The molecule has 1 heterocycles. The summed E-state index contributed by atoms with van der Waals surface area (Å²) in [7, 11) is 3.62. The molecule has 1 rings (SSSR count). The Labute approximate surface area is 118 Å². The lowest BCUT2D eigenvalue weighted by Gasteiger charge is -2.23. The van der Waals surface area contributed by atoms with E-state index in [-0.39, 0.29) is 12.8 Å². The lowest BCUT2D eigenvalue weighted by atomic mass is 10.1. The fourth-order valence-corrected chi connectivity index (χ4v) is 2.07. The molecule has 0 amide bonds. The lowest BCUT2D eigenvalue weighted by Crippen LogP contribution is -2.44. The molecule has 110 valence electrons. The first kappa shape index (κ1) is 16.1. The summed E-state index contributed by atoms with van der Waals surface area (Å²) >= 11 is 0. The molecule has 0 bridgehead atoms. The van der Waals surface area contributed by atoms with E-state index in [4.69, 9.17) is 5.11 Å². The fourth-order valence-electron chi connectivity index (χ4n) is 2.07. The third kappa shape index (κ3) is 4.31. The highest BCUT2D eigenvalue weighted by atomic mass is 16.4. The number of carboxylic acid groups (broad SMARTS) is 2. The van der Waals surface area contributed by atoms with Gasteiger partial charge >= 0.3 is 11.9 Å². The van der Waals surface area contributed by atoms with Crippen LogP contribution in [0.1, 0.15) is 24.2 Å². The van der Waals surface area contributed by atoms with Gasteiger partial charge in [-0.05, 0) is 19.5 Å². The summed E-state index contributed by atoms with van der Waals surface area (Å²) in [4.78, 5) is 23.5. The summed E-state index contributed by atoms with van der Waals surface area (Å²) in [5, 5.41) is 17.9. The molecule has 0 radical (unpaired) electrons. The van der Waals surface area contributed by atoms with Gasteiger partial charge in [0, 0.05) is 25.5 Å². The number of pyridine rings is 1. The highest BCUT2D eigenvalue weighted by Gasteiger charge is 2.25. The Morgan fingerprint density at radius 3 is 2.55 bits per heavy atom. The molecule has 6 heteroatoms. The van der Waals surface area contributed by atoms with Crippen molar-refractivity contribution in [3.63, 3.8) is 0 Å². The molecule has 1 unspecified atom stereocenters. The highest BCUT2D eigenvalue weighted by Crippen LogP contribution is 2.09. The summed E-state index contributed by atoms with van der Waals surface area (Å²) in [6.45, 7) is 2.43. The number of carboxylic acids is 2. The molecular weight excluding hydrogens is 260 g/mol. The maximum Gasteiger partial charge on any atom is 0.320 e. The average Bonchev–Trinajstić information content (AvgIpc) is 2.34. The van der Waals surface area contributed by atoms with Gasteiger partial charge in [-0.3, -0.25) is 14.5 Å². The van der Waals surface area contributed by atoms with E-state index >= 15 is 0 Å². The van der Waals surface area contributed by atoms with Gasteiger partial charge in [0.05, 0.1) is 6.54 Å². The largest absolute Gasteiger partial charge is 0.481 e. The minimum absolute atomic E-state index is 0.0939. The lowest BCUT2D eigenvalue weighted by molar-refractivity contribution is -0.686. The number of nitrogens with zero attached hydrogens (tertiary/aromatic N) is 2. The zero-order chi connectivity index (χ0) is 15.3. The zero-order valence-electron chi connectivity index (χ0n) is 12.0. The van der Waals surface area contributed by atoms with Crippen molar-refractivity contribution in [2.24, 2.45) is 7.05 Å². The van der Waals surface area contributed by atoms with Crippen molar-refractivity contribution in [2.45, 2.75) is 32.4 Å². The van der Waals surface area contributed by atoms with Gasteiger partial charge in [0.25, 0.3) is 0 Å². The predicted molar refractivity (Wildman–Crippen MR) is 72.1 cm³/mol. The van der Waals surface area contributed by atoms with Gasteiger partial charge in [-0.25, -0.2) is 4.57 Å². The van der Waals surface area contributed by atoms with Crippen LogP contribution in [0.5, 0.6) is 0 Å². The van der Waals surface area contributed by atoms with Crippen LogP contribution in [0.4, 0.5) is 0 Å². The fraction of sp³-hybridized carbons (Fsp3) is 0.500. The minimum atomic E-state index is -0.996. The first-order valence-electron chi connectivity index (χ1n) is 6.42. The van der Waals surface area contributed by atoms with Crippen LogP contribution >= 0.6 is 0 Å². The van der Waals surface area contributed by atoms with Crippen LogP contribution in [0, 0.1) is 6.92 Å². The topological polar surface area (TPSA) is 81.7 Å². The summed E-state index contributed by atoms with van der Waals surface area (Å²) < 4.78 is 1.99. The van der Waals surface area contributed by atoms with Crippen LogP contribution in [-0.4, -0.2) is 40.1 Å². The van der Waals surface area contributed by atoms with Gasteiger partial charge < -0.3 is 10.2 Å². The van der Waals surface area contributed by atoms with Gasteiger partial charge in [0.2, 0.25) is 0 Å². The van der Waals surface area contributed by atoms with Crippen molar-refractivity contribution >= 4 is 11.9 Å². The second-order valence-electron chi connectivity index (χ2n) is 4.92. The van der Waals surface area contributed by atoms with Crippen molar-refractivity contribution in [1.29, 1.82) is 0 Å². The molecule has 0 fully saturated rings. The number of likely N-dealkylation sites (N-methyl/N-ethyl adjacent to an activating group) is 1. The van der Waals surface area contributed by atoms with Crippen molar-refractivity contribution in [1.82, 2.24) is 4.90 Å². The van der Waals surface area contributed by atoms with E-state index in [1.807, 2.05) is 36.7 Å². The number of hydrogen-bond acceptors (Lipinski definition) is 3. The summed E-state index contributed by atoms with van der Waals surface area (Å²) in [5.74, 6) is -1.98. The van der Waals surface area contributed by atoms with Crippen molar-refractivity contribution < 1.29 is 24.4 Å². The highest BCUT2D eigenvalue weighted by molar-refractivity contribution is 5.75. The molecule has 1 aromatic heterocycles. The first-order chi connectivity index (χ1) is 9.32. The van der Waals surface area contributed by atoms with Gasteiger partial charge in [0.1, 0.15) is 13.1 Å². The van der Waals surface area contributed by atoms with Crippen LogP contribution in [-0.2, 0) is 23.2 Å². The molecule has 0 saturated heterocycles. The Morgan fingerprint density at radius 1 is 1.35 bits per heavy atom. The van der Waals surface area contributed by atoms with Gasteiger partial charge in [-0.15, -0.1) is 0 Å². The van der Waals surface area contributed by atoms with Crippen LogP contribution in [0.2, 0.25) is 0 Å². The smallest absolute Gasteiger partial charge is 0.320 e. The number of carbonyl (C=O) groups is 2. The molecule has 0 aliphatic rings. The van der Waals surface area contributed by atoms with Crippen LogP contribution in [0.3, 0.4) is 0 Å². The Balaban J connectivity index is 2.80. The molecule has 0 spiro atoms. The standard InChI is InChI=1S/C14H20N2O4/c1-10-5-4-6-11(16(10)3)9-15(2)12(14(19)20)7-8-13(17)18/h4-6,12H,7-9H2,1-3H3,(H-,17,18,19,20)/p+1. The van der Waals surface area contributed by atoms with E-state index in [9.17, 15) is 14.7 Å². The Morgan fingerprint density at radius 2 is 2.00 bits per heavy atom. The van der Waals surface area contributed by atoms with E-state index < -0.39 is 18.0 Å². The Kier molecular flexibility index (Phi) is 5.64. The van der Waals surface area contributed by atoms with Gasteiger partial charge in [0.15, 0.2) is 11.4 Å². The molecule has 6 nitrogen and oxygen atoms in total. The van der Waals surface area contributed by atoms with E-state index in [1.165, 1.54) is 0 Å². The number of rotatable bonds is 7. The number of aliphatic carboxylic acids is 2. The van der Waals surface area contributed by atoms with Gasteiger partial charge in [-0.1, -0.05) is 0 Å². The van der Waals surface area contributed by atoms with E-state index in [0.717, 1.165) is 11.4 Å². The predicted octanol–water partition coefficient (Wildman–Crippen LogP) is 0.569. The normalized spacial score (nSPS) is 12.4. The quantitative estimate of drug-likeness (QED) is 0.714. The van der Waals surface area contributed by atoms with Crippen molar-refractivity contribution in [3.8, 4) is 0 Å². The van der Waals surface area contributed by atoms with E-state index in [0.29, 0.717) is 6.54 Å². The molecule has 1 aromatic rings.